The fraction of sp³-hybridized carbons (Fsp3) is 0.647. The largest absolute Gasteiger partial charge is 0.475 e. The predicted molar refractivity (Wildman–Crippen MR) is 81.4 cm³/mol. The maximum atomic E-state index is 9.33. The van der Waals surface area contributed by atoms with Crippen molar-refractivity contribution in [2.24, 2.45) is 0 Å². The van der Waals surface area contributed by atoms with E-state index in [0.717, 1.165) is 25.1 Å². The quantitative estimate of drug-likeness (QED) is 0.856. The Labute approximate surface area is 126 Å². The van der Waals surface area contributed by atoms with Crippen LogP contribution in [0.25, 0.3) is 0 Å². The lowest BCUT2D eigenvalue weighted by Crippen LogP contribution is -2.40. The van der Waals surface area contributed by atoms with Crippen LogP contribution in [0.3, 0.4) is 0 Å². The number of piperidine rings is 1. The summed E-state index contributed by atoms with van der Waals surface area (Å²) in [5, 5.41) is 9.33. The second-order valence-corrected chi connectivity index (χ2v) is 6.21. The summed E-state index contributed by atoms with van der Waals surface area (Å²) in [6.07, 6.45) is 8.16. The molecule has 0 aromatic carbocycles. The molecule has 2 heterocycles. The minimum absolute atomic E-state index is 0.447. The second-order valence-electron chi connectivity index (χ2n) is 6.21. The van der Waals surface area contributed by atoms with Gasteiger partial charge >= 0.3 is 0 Å². The summed E-state index contributed by atoms with van der Waals surface area (Å²) in [7, 11) is 2.15. The first-order valence-electron chi connectivity index (χ1n) is 8.04. The van der Waals surface area contributed by atoms with E-state index in [1.807, 2.05) is 6.07 Å². The van der Waals surface area contributed by atoms with Gasteiger partial charge in [0.05, 0.1) is 0 Å². The first-order valence-corrected chi connectivity index (χ1v) is 8.04. The highest BCUT2D eigenvalue weighted by atomic mass is 16.5. The van der Waals surface area contributed by atoms with Gasteiger partial charge in [-0.3, -0.25) is 0 Å². The van der Waals surface area contributed by atoms with Gasteiger partial charge in [0.25, 0.3) is 0 Å². The van der Waals surface area contributed by atoms with Crippen molar-refractivity contribution in [3.05, 3.63) is 22.9 Å². The molecule has 0 N–H and O–H groups in total. The third-order valence-corrected chi connectivity index (χ3v) is 4.72. The van der Waals surface area contributed by atoms with Gasteiger partial charge in [0.15, 0.2) is 0 Å². The Balaban J connectivity index is 1.73. The standard InChI is InChI=1S/C17H23N3O/c1-20-9-5-4-7-15(20)12-21-17-14(11-18)10-13-6-2-3-8-16(13)19-17/h10,15H,2-9,12H2,1H3. The molecule has 1 fully saturated rings. The Bertz CT molecular complexity index is 550. The Hall–Kier alpha value is -1.60. The van der Waals surface area contributed by atoms with Crippen LogP contribution in [-0.2, 0) is 12.8 Å². The summed E-state index contributed by atoms with van der Waals surface area (Å²) in [4.78, 5) is 6.99. The Morgan fingerprint density at radius 1 is 1.33 bits per heavy atom. The molecular weight excluding hydrogens is 262 g/mol. The van der Waals surface area contributed by atoms with Gasteiger partial charge in [0.2, 0.25) is 5.88 Å². The number of nitrogens with zero attached hydrogens (tertiary/aromatic N) is 3. The Kier molecular flexibility index (Phi) is 4.40. The SMILES string of the molecule is CN1CCCCC1COc1nc2c(cc1C#N)CCCC2. The summed E-state index contributed by atoms with van der Waals surface area (Å²) in [6, 6.07) is 4.68. The van der Waals surface area contributed by atoms with Crippen LogP contribution in [-0.4, -0.2) is 36.1 Å². The molecule has 3 rings (SSSR count). The molecule has 0 amide bonds. The van der Waals surface area contributed by atoms with E-state index in [-0.39, 0.29) is 0 Å². The minimum atomic E-state index is 0.447. The number of pyridine rings is 1. The zero-order chi connectivity index (χ0) is 14.7. The molecule has 0 radical (unpaired) electrons. The van der Waals surface area contributed by atoms with Gasteiger partial charge in [-0.15, -0.1) is 0 Å². The van der Waals surface area contributed by atoms with E-state index < -0.39 is 0 Å². The summed E-state index contributed by atoms with van der Waals surface area (Å²) in [5.41, 5.74) is 2.96. The van der Waals surface area contributed by atoms with E-state index >= 15 is 0 Å². The number of nitriles is 1. The van der Waals surface area contributed by atoms with Gasteiger partial charge < -0.3 is 9.64 Å². The van der Waals surface area contributed by atoms with Crippen LogP contribution >= 0.6 is 0 Å². The maximum absolute atomic E-state index is 9.33. The van der Waals surface area contributed by atoms with Crippen molar-refractivity contribution >= 4 is 0 Å². The van der Waals surface area contributed by atoms with Crippen LogP contribution in [0.1, 0.15) is 48.9 Å². The molecule has 0 spiro atoms. The summed E-state index contributed by atoms with van der Waals surface area (Å²) in [5.74, 6) is 0.539. The third-order valence-electron chi connectivity index (χ3n) is 4.72. The number of likely N-dealkylation sites (tertiary alicyclic amines) is 1. The molecule has 21 heavy (non-hydrogen) atoms. The van der Waals surface area contributed by atoms with Gasteiger partial charge in [-0.05, 0) is 63.7 Å². The highest BCUT2D eigenvalue weighted by Gasteiger charge is 2.21. The lowest BCUT2D eigenvalue weighted by atomic mass is 9.95. The molecule has 1 aromatic heterocycles. The van der Waals surface area contributed by atoms with Crippen molar-refractivity contribution in [2.45, 2.75) is 51.0 Å². The molecule has 1 aliphatic heterocycles. The fourth-order valence-corrected chi connectivity index (χ4v) is 3.33. The van der Waals surface area contributed by atoms with Crippen LogP contribution in [0.2, 0.25) is 0 Å². The lowest BCUT2D eigenvalue weighted by Gasteiger charge is -2.32. The summed E-state index contributed by atoms with van der Waals surface area (Å²) in [6.45, 7) is 1.77. The molecule has 4 nitrogen and oxygen atoms in total. The van der Waals surface area contributed by atoms with Crippen molar-refractivity contribution in [2.75, 3.05) is 20.2 Å². The number of rotatable bonds is 3. The molecule has 1 aromatic rings. The van der Waals surface area contributed by atoms with E-state index in [2.05, 4.69) is 23.0 Å². The van der Waals surface area contributed by atoms with Crippen molar-refractivity contribution in [3.8, 4) is 11.9 Å². The van der Waals surface area contributed by atoms with Gasteiger partial charge in [-0.2, -0.15) is 5.26 Å². The number of aromatic nitrogens is 1. The number of ether oxygens (including phenoxy) is 1. The number of hydrogen-bond donors (Lipinski definition) is 0. The van der Waals surface area contributed by atoms with Gasteiger partial charge in [0, 0.05) is 11.7 Å². The van der Waals surface area contributed by atoms with Crippen molar-refractivity contribution in [1.29, 1.82) is 5.26 Å². The fourth-order valence-electron chi connectivity index (χ4n) is 3.33. The molecule has 2 aliphatic rings. The number of hydrogen-bond acceptors (Lipinski definition) is 4. The second kappa shape index (κ2) is 6.44. The first-order chi connectivity index (χ1) is 10.3. The molecule has 1 unspecified atom stereocenters. The highest BCUT2D eigenvalue weighted by Crippen LogP contribution is 2.26. The van der Waals surface area contributed by atoms with Crippen LogP contribution in [0.15, 0.2) is 6.07 Å². The van der Waals surface area contributed by atoms with Gasteiger partial charge in [0.1, 0.15) is 18.2 Å². The molecule has 4 heteroatoms. The smallest absolute Gasteiger partial charge is 0.231 e. The van der Waals surface area contributed by atoms with E-state index in [0.29, 0.717) is 24.1 Å². The van der Waals surface area contributed by atoms with Gasteiger partial charge in [-0.1, -0.05) is 6.42 Å². The van der Waals surface area contributed by atoms with E-state index in [9.17, 15) is 5.26 Å². The Morgan fingerprint density at radius 2 is 2.19 bits per heavy atom. The van der Waals surface area contributed by atoms with Crippen LogP contribution in [0, 0.1) is 11.3 Å². The van der Waals surface area contributed by atoms with Gasteiger partial charge in [-0.25, -0.2) is 4.98 Å². The monoisotopic (exact) mass is 285 g/mol. The van der Waals surface area contributed by atoms with Crippen molar-refractivity contribution in [3.63, 3.8) is 0 Å². The van der Waals surface area contributed by atoms with Crippen molar-refractivity contribution in [1.82, 2.24) is 9.88 Å². The average molecular weight is 285 g/mol. The first kappa shape index (κ1) is 14.3. The molecule has 0 bridgehead atoms. The third kappa shape index (κ3) is 3.19. The zero-order valence-corrected chi connectivity index (χ0v) is 12.8. The topological polar surface area (TPSA) is 49.1 Å². The predicted octanol–water partition coefficient (Wildman–Crippen LogP) is 2.70. The van der Waals surface area contributed by atoms with Crippen molar-refractivity contribution < 1.29 is 4.74 Å². The number of fused-ring (bicyclic) bond motifs is 1. The average Bonchev–Trinajstić information content (AvgIpc) is 2.53. The normalized spacial score (nSPS) is 22.4. The molecule has 1 atom stereocenters. The van der Waals surface area contributed by atoms with E-state index in [1.54, 1.807) is 0 Å². The van der Waals surface area contributed by atoms with Crippen LogP contribution in [0.4, 0.5) is 0 Å². The summed E-state index contributed by atoms with van der Waals surface area (Å²) < 4.78 is 5.93. The van der Waals surface area contributed by atoms with E-state index in [4.69, 9.17) is 4.74 Å². The maximum Gasteiger partial charge on any atom is 0.231 e. The molecule has 0 saturated carbocycles. The molecular formula is C17H23N3O. The van der Waals surface area contributed by atoms with E-state index in [1.165, 1.54) is 37.7 Å². The Morgan fingerprint density at radius 3 is 3.00 bits per heavy atom. The van der Waals surface area contributed by atoms with Crippen LogP contribution < -0.4 is 4.74 Å². The molecule has 112 valence electrons. The summed E-state index contributed by atoms with van der Waals surface area (Å²) >= 11 is 0. The number of likely N-dealkylation sites (N-methyl/N-ethyl adjacent to an activating group) is 1. The zero-order valence-electron chi connectivity index (χ0n) is 12.8. The number of aryl methyl sites for hydroxylation is 2. The highest BCUT2D eigenvalue weighted by molar-refractivity contribution is 5.43. The molecule has 1 saturated heterocycles. The molecule has 1 aliphatic carbocycles. The lowest BCUT2D eigenvalue weighted by molar-refractivity contribution is 0.122. The minimum Gasteiger partial charge on any atom is -0.475 e. The van der Waals surface area contributed by atoms with Crippen LogP contribution in [0.5, 0.6) is 5.88 Å².